The zero-order valence-corrected chi connectivity index (χ0v) is 4.36. The number of carbonyl (C=O) groups excluding carboxylic acids is 1. The Morgan fingerprint density at radius 2 is 2.25 bits per heavy atom. The Labute approximate surface area is 45.4 Å². The summed E-state index contributed by atoms with van der Waals surface area (Å²) in [5.41, 5.74) is 0. The van der Waals surface area contributed by atoms with Gasteiger partial charge in [0.1, 0.15) is 0 Å². The Kier molecular flexibility index (Phi) is 2.37. The van der Waals surface area contributed by atoms with E-state index >= 15 is 0 Å². The third-order valence-electron chi connectivity index (χ3n) is 0.405. The lowest BCUT2D eigenvalue weighted by Gasteiger charge is -2.05. The molecule has 0 fully saturated rings. The van der Waals surface area contributed by atoms with Gasteiger partial charge >= 0.3 is 0 Å². The fraction of sp³-hybridized carbons (Fsp3) is 0.750. The lowest BCUT2D eigenvalue weighted by molar-refractivity contribution is -0.138. The van der Waals surface area contributed by atoms with Crippen LogP contribution in [0.4, 0.5) is 8.78 Å². The van der Waals surface area contributed by atoms with Gasteiger partial charge < -0.3 is 4.74 Å². The van der Waals surface area contributed by atoms with Crippen molar-refractivity contribution in [3.05, 3.63) is 0 Å². The van der Waals surface area contributed by atoms with Crippen molar-refractivity contribution in [2.24, 2.45) is 0 Å². The van der Waals surface area contributed by atoms with Crippen LogP contribution >= 0.6 is 0 Å². The van der Waals surface area contributed by atoms with Crippen molar-refractivity contribution in [1.29, 1.82) is 0 Å². The maximum Gasteiger partial charge on any atom is 0.293 e. The van der Waals surface area contributed by atoms with Gasteiger partial charge in [0.2, 0.25) is 0 Å². The molecule has 4 heteroatoms. The van der Waals surface area contributed by atoms with Crippen molar-refractivity contribution >= 4 is 6.47 Å². The van der Waals surface area contributed by atoms with Crippen molar-refractivity contribution in [1.82, 2.24) is 0 Å². The van der Waals surface area contributed by atoms with Crippen LogP contribution in [0.3, 0.4) is 0 Å². The van der Waals surface area contributed by atoms with E-state index in [1.54, 1.807) is 0 Å². The topological polar surface area (TPSA) is 26.3 Å². The average molecular weight is 124 g/mol. The first-order valence-corrected chi connectivity index (χ1v) is 1.99. The monoisotopic (exact) mass is 124 g/mol. The summed E-state index contributed by atoms with van der Waals surface area (Å²) in [7, 11) is 0. The van der Waals surface area contributed by atoms with E-state index < -0.39 is 12.5 Å². The van der Waals surface area contributed by atoms with Gasteiger partial charge in [-0.05, 0) is 0 Å². The molecular formula is C4H6F2O2. The predicted molar refractivity (Wildman–Crippen MR) is 22.6 cm³/mol. The number of hydrogen-bond acceptors (Lipinski definition) is 2. The second-order valence-electron chi connectivity index (χ2n) is 1.48. The summed E-state index contributed by atoms with van der Waals surface area (Å²) in [6, 6.07) is 0. The molecule has 0 aromatic carbocycles. The third kappa shape index (κ3) is 5.33. The van der Waals surface area contributed by atoms with Crippen molar-refractivity contribution in [2.75, 3.05) is 6.61 Å². The third-order valence-corrected chi connectivity index (χ3v) is 0.405. The maximum atomic E-state index is 11.6. The van der Waals surface area contributed by atoms with Crippen LogP contribution < -0.4 is 0 Å². The van der Waals surface area contributed by atoms with E-state index in [4.69, 9.17) is 0 Å². The Morgan fingerprint density at radius 1 is 1.75 bits per heavy atom. The van der Waals surface area contributed by atoms with Crippen LogP contribution in [-0.2, 0) is 9.53 Å². The van der Waals surface area contributed by atoms with Gasteiger partial charge in [-0.3, -0.25) is 4.79 Å². The fourth-order valence-corrected chi connectivity index (χ4v) is 0.180. The van der Waals surface area contributed by atoms with E-state index in [1.165, 1.54) is 0 Å². The molecule has 0 saturated heterocycles. The van der Waals surface area contributed by atoms with Gasteiger partial charge in [0.15, 0.2) is 6.61 Å². The largest absolute Gasteiger partial charge is 0.462 e. The molecule has 0 aliphatic rings. The van der Waals surface area contributed by atoms with Crippen LogP contribution in [0.1, 0.15) is 6.92 Å². The Hall–Kier alpha value is -0.670. The highest BCUT2D eigenvalue weighted by molar-refractivity contribution is 5.36. The van der Waals surface area contributed by atoms with E-state index in [2.05, 4.69) is 4.74 Å². The first-order chi connectivity index (χ1) is 3.56. The minimum absolute atomic E-state index is 0.00257. The first kappa shape index (κ1) is 7.33. The molecule has 0 spiro atoms. The van der Waals surface area contributed by atoms with Crippen LogP contribution in [0.25, 0.3) is 0 Å². The molecule has 0 saturated carbocycles. The lowest BCUT2D eigenvalue weighted by atomic mass is 10.4. The van der Waals surface area contributed by atoms with Crippen LogP contribution in [0.2, 0.25) is 0 Å². The SMILES string of the molecule is CC(F)(F)COC=O. The summed E-state index contributed by atoms with van der Waals surface area (Å²) in [5, 5.41) is 0. The molecular weight excluding hydrogens is 118 g/mol. The highest BCUT2D eigenvalue weighted by Gasteiger charge is 2.21. The highest BCUT2D eigenvalue weighted by atomic mass is 19.3. The van der Waals surface area contributed by atoms with Crippen LogP contribution in [0.5, 0.6) is 0 Å². The summed E-state index contributed by atoms with van der Waals surface area (Å²) in [6.07, 6.45) is 0. The molecule has 0 aliphatic heterocycles. The van der Waals surface area contributed by atoms with E-state index in [1.807, 2.05) is 0 Å². The number of halogens is 2. The summed E-state index contributed by atoms with van der Waals surface area (Å²) in [4.78, 5) is 9.30. The Bertz CT molecular complexity index is 76.6. The number of ether oxygens (including phenoxy) is 1. The van der Waals surface area contributed by atoms with Gasteiger partial charge in [0, 0.05) is 6.92 Å². The second kappa shape index (κ2) is 2.59. The van der Waals surface area contributed by atoms with Crippen molar-refractivity contribution in [3.8, 4) is 0 Å². The second-order valence-corrected chi connectivity index (χ2v) is 1.48. The Balaban J connectivity index is 3.24. The first-order valence-electron chi connectivity index (χ1n) is 1.99. The van der Waals surface area contributed by atoms with Gasteiger partial charge in [-0.1, -0.05) is 0 Å². The molecule has 0 aromatic heterocycles. The van der Waals surface area contributed by atoms with Crippen LogP contribution in [0, 0.1) is 0 Å². The molecule has 0 unspecified atom stereocenters. The number of alkyl halides is 2. The molecule has 8 heavy (non-hydrogen) atoms. The predicted octanol–water partition coefficient (Wildman–Crippen LogP) is 0.815. The van der Waals surface area contributed by atoms with Gasteiger partial charge in [-0.2, -0.15) is 0 Å². The zero-order chi connectivity index (χ0) is 6.62. The molecule has 48 valence electrons. The highest BCUT2D eigenvalue weighted by Crippen LogP contribution is 2.09. The summed E-state index contributed by atoms with van der Waals surface area (Å²) >= 11 is 0. The summed E-state index contributed by atoms with van der Waals surface area (Å²) in [6.45, 7) is -0.162. The normalized spacial score (nSPS) is 10.9. The lowest BCUT2D eigenvalue weighted by Crippen LogP contribution is -2.17. The summed E-state index contributed by atoms with van der Waals surface area (Å²) in [5.74, 6) is -2.90. The molecule has 0 heterocycles. The van der Waals surface area contributed by atoms with Crippen molar-refractivity contribution in [2.45, 2.75) is 12.8 Å². The minimum Gasteiger partial charge on any atom is -0.462 e. The van der Waals surface area contributed by atoms with E-state index in [-0.39, 0.29) is 6.47 Å². The van der Waals surface area contributed by atoms with Crippen LogP contribution in [-0.4, -0.2) is 19.0 Å². The average Bonchev–Trinajstić information content (AvgIpc) is 1.59. The smallest absolute Gasteiger partial charge is 0.293 e. The van der Waals surface area contributed by atoms with E-state index in [0.29, 0.717) is 6.92 Å². The Morgan fingerprint density at radius 3 is 2.38 bits per heavy atom. The van der Waals surface area contributed by atoms with Crippen molar-refractivity contribution in [3.63, 3.8) is 0 Å². The quantitative estimate of drug-likeness (QED) is 0.520. The molecule has 0 rings (SSSR count). The maximum absolute atomic E-state index is 11.6. The number of carbonyl (C=O) groups is 1. The molecule has 2 nitrogen and oxygen atoms in total. The molecule has 0 amide bonds. The molecule has 0 bridgehead atoms. The van der Waals surface area contributed by atoms with Gasteiger partial charge in [-0.15, -0.1) is 0 Å². The molecule has 0 atom stereocenters. The summed E-state index contributed by atoms with van der Waals surface area (Å²) < 4.78 is 27.0. The standard InChI is InChI=1S/C4H6F2O2/c1-4(5,6)2-8-3-7/h3H,2H2,1H3. The number of rotatable bonds is 3. The van der Waals surface area contributed by atoms with E-state index in [9.17, 15) is 13.6 Å². The molecule has 0 aliphatic carbocycles. The molecule has 0 N–H and O–H groups in total. The molecule has 0 aromatic rings. The van der Waals surface area contributed by atoms with Gasteiger partial charge in [-0.25, -0.2) is 8.78 Å². The minimum atomic E-state index is -2.90. The van der Waals surface area contributed by atoms with Crippen molar-refractivity contribution < 1.29 is 18.3 Å². The molecule has 0 radical (unpaired) electrons. The fourth-order valence-electron chi connectivity index (χ4n) is 0.180. The van der Waals surface area contributed by atoms with Gasteiger partial charge in [0.25, 0.3) is 12.4 Å². The van der Waals surface area contributed by atoms with E-state index in [0.717, 1.165) is 0 Å². The van der Waals surface area contributed by atoms with Crippen LogP contribution in [0.15, 0.2) is 0 Å². The zero-order valence-electron chi connectivity index (χ0n) is 4.36. The number of hydrogen-bond donors (Lipinski definition) is 0. The van der Waals surface area contributed by atoms with Gasteiger partial charge in [0.05, 0.1) is 0 Å².